The average molecular weight is 236 g/mol. The highest BCUT2D eigenvalue weighted by molar-refractivity contribution is 5.43. The van der Waals surface area contributed by atoms with Gasteiger partial charge >= 0.3 is 0 Å². The zero-order valence-corrected chi connectivity index (χ0v) is 9.95. The summed E-state index contributed by atoms with van der Waals surface area (Å²) in [5.74, 6) is 0.364. The molecule has 0 aliphatic carbocycles. The molecular weight excluding hydrogens is 219 g/mol. The standard InChI is InChI=1S/C13H17FN2O/c1-16-6-4-13(5-7-16)12(15)10-3-2-9(14)8-11(10)17-13/h2-3,8,12H,4-7,15H2,1H3. The van der Waals surface area contributed by atoms with Gasteiger partial charge in [0.25, 0.3) is 0 Å². The maximum atomic E-state index is 13.2. The Morgan fingerprint density at radius 1 is 1.41 bits per heavy atom. The number of nitrogens with two attached hydrogens (primary N) is 1. The van der Waals surface area contributed by atoms with E-state index in [2.05, 4.69) is 11.9 Å². The van der Waals surface area contributed by atoms with Crippen LogP contribution in [0.3, 0.4) is 0 Å². The molecule has 0 amide bonds. The van der Waals surface area contributed by atoms with E-state index < -0.39 is 0 Å². The van der Waals surface area contributed by atoms with E-state index in [0.29, 0.717) is 5.75 Å². The van der Waals surface area contributed by atoms with E-state index in [1.807, 2.05) is 0 Å². The first-order valence-corrected chi connectivity index (χ1v) is 6.03. The molecule has 1 atom stereocenters. The largest absolute Gasteiger partial charge is 0.485 e. The summed E-state index contributed by atoms with van der Waals surface area (Å²) < 4.78 is 19.2. The van der Waals surface area contributed by atoms with Crippen LogP contribution >= 0.6 is 0 Å². The molecule has 1 unspecified atom stereocenters. The summed E-state index contributed by atoms with van der Waals surface area (Å²) in [4.78, 5) is 2.27. The SMILES string of the molecule is CN1CCC2(CC1)Oc1cc(F)ccc1C2N. The van der Waals surface area contributed by atoms with Crippen LogP contribution in [0.4, 0.5) is 4.39 Å². The fraction of sp³-hybridized carbons (Fsp3) is 0.538. The highest BCUT2D eigenvalue weighted by atomic mass is 19.1. The van der Waals surface area contributed by atoms with Crippen molar-refractivity contribution in [1.82, 2.24) is 4.90 Å². The maximum Gasteiger partial charge on any atom is 0.131 e. The Labute approximate surface area is 100 Å². The monoisotopic (exact) mass is 236 g/mol. The number of hydrogen-bond acceptors (Lipinski definition) is 3. The lowest BCUT2D eigenvalue weighted by Gasteiger charge is -2.39. The zero-order valence-electron chi connectivity index (χ0n) is 9.95. The van der Waals surface area contributed by atoms with Gasteiger partial charge in [0.2, 0.25) is 0 Å². The molecule has 3 nitrogen and oxygen atoms in total. The first kappa shape index (κ1) is 11.0. The first-order chi connectivity index (χ1) is 8.11. The molecule has 1 aromatic carbocycles. The van der Waals surface area contributed by atoms with Crippen LogP contribution in [0.25, 0.3) is 0 Å². The van der Waals surface area contributed by atoms with Crippen molar-refractivity contribution in [2.24, 2.45) is 5.73 Å². The number of halogens is 1. The molecule has 4 heteroatoms. The molecule has 1 aromatic rings. The van der Waals surface area contributed by atoms with Gasteiger partial charge in [0.15, 0.2) is 0 Å². The third kappa shape index (κ3) is 1.63. The van der Waals surface area contributed by atoms with Crippen LogP contribution in [-0.4, -0.2) is 30.6 Å². The summed E-state index contributed by atoms with van der Waals surface area (Å²) in [5.41, 5.74) is 6.91. The molecule has 92 valence electrons. The van der Waals surface area contributed by atoms with E-state index in [-0.39, 0.29) is 17.5 Å². The number of likely N-dealkylation sites (tertiary alicyclic amines) is 1. The molecule has 1 fully saturated rings. The summed E-state index contributed by atoms with van der Waals surface area (Å²) >= 11 is 0. The topological polar surface area (TPSA) is 38.5 Å². The van der Waals surface area contributed by atoms with Gasteiger partial charge in [-0.25, -0.2) is 4.39 Å². The molecule has 2 heterocycles. The Morgan fingerprint density at radius 2 is 2.12 bits per heavy atom. The number of rotatable bonds is 0. The number of benzene rings is 1. The van der Waals surface area contributed by atoms with E-state index in [1.165, 1.54) is 12.1 Å². The lowest BCUT2D eigenvalue weighted by atomic mass is 9.83. The van der Waals surface area contributed by atoms with E-state index in [1.54, 1.807) is 6.07 Å². The molecule has 1 spiro atoms. The minimum atomic E-state index is -0.317. The molecule has 3 rings (SSSR count). The Bertz CT molecular complexity index is 441. The quantitative estimate of drug-likeness (QED) is 0.745. The second-order valence-electron chi connectivity index (χ2n) is 5.13. The number of nitrogens with zero attached hydrogens (tertiary/aromatic N) is 1. The van der Waals surface area contributed by atoms with Crippen molar-refractivity contribution < 1.29 is 9.13 Å². The molecule has 2 aliphatic rings. The van der Waals surface area contributed by atoms with Gasteiger partial charge < -0.3 is 15.4 Å². The molecule has 0 saturated carbocycles. The molecule has 0 aromatic heterocycles. The van der Waals surface area contributed by atoms with Crippen LogP contribution in [0.5, 0.6) is 5.75 Å². The molecular formula is C13H17FN2O. The second kappa shape index (κ2) is 3.68. The Balaban J connectivity index is 1.92. The minimum absolute atomic E-state index is 0.133. The van der Waals surface area contributed by atoms with Crippen LogP contribution < -0.4 is 10.5 Å². The summed E-state index contributed by atoms with van der Waals surface area (Å²) in [5, 5.41) is 0. The zero-order chi connectivity index (χ0) is 12.0. The van der Waals surface area contributed by atoms with Gasteiger partial charge in [0, 0.05) is 37.6 Å². The Kier molecular flexibility index (Phi) is 2.38. The maximum absolute atomic E-state index is 13.2. The van der Waals surface area contributed by atoms with Crippen molar-refractivity contribution in [2.45, 2.75) is 24.5 Å². The minimum Gasteiger partial charge on any atom is -0.485 e. The first-order valence-electron chi connectivity index (χ1n) is 6.03. The molecule has 0 bridgehead atoms. The van der Waals surface area contributed by atoms with Crippen molar-refractivity contribution in [3.8, 4) is 5.75 Å². The number of hydrogen-bond donors (Lipinski definition) is 1. The Hall–Kier alpha value is -1.13. The fourth-order valence-electron chi connectivity index (χ4n) is 2.83. The normalized spacial score (nSPS) is 26.9. The van der Waals surface area contributed by atoms with Gasteiger partial charge in [-0.15, -0.1) is 0 Å². The van der Waals surface area contributed by atoms with Crippen LogP contribution in [0.2, 0.25) is 0 Å². The highest BCUT2D eigenvalue weighted by Crippen LogP contribution is 2.46. The van der Waals surface area contributed by atoms with Crippen molar-refractivity contribution in [2.75, 3.05) is 20.1 Å². The van der Waals surface area contributed by atoms with Crippen LogP contribution in [-0.2, 0) is 0 Å². The lowest BCUT2D eigenvalue weighted by Crippen LogP contribution is -2.50. The van der Waals surface area contributed by atoms with Gasteiger partial charge in [-0.2, -0.15) is 0 Å². The van der Waals surface area contributed by atoms with E-state index in [0.717, 1.165) is 31.5 Å². The third-order valence-corrected chi connectivity index (χ3v) is 4.02. The van der Waals surface area contributed by atoms with Gasteiger partial charge in [-0.05, 0) is 13.1 Å². The van der Waals surface area contributed by atoms with E-state index in [4.69, 9.17) is 10.5 Å². The Morgan fingerprint density at radius 3 is 2.82 bits per heavy atom. The van der Waals surface area contributed by atoms with Crippen molar-refractivity contribution in [3.05, 3.63) is 29.6 Å². The summed E-state index contributed by atoms with van der Waals surface area (Å²) in [7, 11) is 2.10. The molecule has 17 heavy (non-hydrogen) atoms. The van der Waals surface area contributed by atoms with E-state index in [9.17, 15) is 4.39 Å². The molecule has 2 N–H and O–H groups in total. The smallest absolute Gasteiger partial charge is 0.131 e. The van der Waals surface area contributed by atoms with Crippen molar-refractivity contribution in [1.29, 1.82) is 0 Å². The number of ether oxygens (including phenoxy) is 1. The van der Waals surface area contributed by atoms with Gasteiger partial charge in [0.1, 0.15) is 17.2 Å². The van der Waals surface area contributed by atoms with Crippen LogP contribution in [0, 0.1) is 5.82 Å². The lowest BCUT2D eigenvalue weighted by molar-refractivity contribution is 0.00743. The van der Waals surface area contributed by atoms with Gasteiger partial charge in [0.05, 0.1) is 6.04 Å². The summed E-state index contributed by atoms with van der Waals surface area (Å²) in [6, 6.07) is 4.52. The average Bonchev–Trinajstić information content (AvgIpc) is 2.57. The number of fused-ring (bicyclic) bond motifs is 1. The second-order valence-corrected chi connectivity index (χ2v) is 5.13. The fourth-order valence-corrected chi connectivity index (χ4v) is 2.83. The predicted molar refractivity (Wildman–Crippen MR) is 63.4 cm³/mol. The van der Waals surface area contributed by atoms with E-state index >= 15 is 0 Å². The number of piperidine rings is 1. The molecule has 0 radical (unpaired) electrons. The molecule has 1 saturated heterocycles. The van der Waals surface area contributed by atoms with Crippen LogP contribution in [0.15, 0.2) is 18.2 Å². The van der Waals surface area contributed by atoms with Crippen molar-refractivity contribution in [3.63, 3.8) is 0 Å². The van der Waals surface area contributed by atoms with Gasteiger partial charge in [-0.1, -0.05) is 6.07 Å². The molecule has 2 aliphatic heterocycles. The summed E-state index contributed by atoms with van der Waals surface area (Å²) in [6.45, 7) is 1.95. The van der Waals surface area contributed by atoms with Gasteiger partial charge in [-0.3, -0.25) is 0 Å². The highest BCUT2D eigenvalue weighted by Gasteiger charge is 2.47. The van der Waals surface area contributed by atoms with Crippen molar-refractivity contribution >= 4 is 0 Å². The van der Waals surface area contributed by atoms with Crippen LogP contribution in [0.1, 0.15) is 24.4 Å². The predicted octanol–water partition coefficient (Wildman–Crippen LogP) is 1.68. The summed E-state index contributed by atoms with van der Waals surface area (Å²) in [6.07, 6.45) is 1.81. The third-order valence-electron chi connectivity index (χ3n) is 4.02.